The first-order valence-corrected chi connectivity index (χ1v) is 11.2. The molecule has 33 heavy (non-hydrogen) atoms. The van der Waals surface area contributed by atoms with Crippen LogP contribution in [0.3, 0.4) is 0 Å². The van der Waals surface area contributed by atoms with E-state index in [0.29, 0.717) is 26.2 Å². The number of hydrogen-bond acceptors (Lipinski definition) is 4. The molecule has 3 aromatic rings. The van der Waals surface area contributed by atoms with Crippen molar-refractivity contribution in [2.75, 3.05) is 7.11 Å². The Labute approximate surface area is 206 Å². The third-order valence-corrected chi connectivity index (χ3v) is 5.71. The fraction of sp³-hybridized carbons (Fsp3) is 0.154. The Kier molecular flexibility index (Phi) is 8.44. The van der Waals surface area contributed by atoms with Gasteiger partial charge in [-0.05, 0) is 64.9 Å². The zero-order valence-corrected chi connectivity index (χ0v) is 20.3. The van der Waals surface area contributed by atoms with Gasteiger partial charge in [0, 0.05) is 5.56 Å². The van der Waals surface area contributed by atoms with E-state index >= 15 is 0 Å². The number of carbonyl (C=O) groups is 1. The fourth-order valence-electron chi connectivity index (χ4n) is 3.14. The summed E-state index contributed by atoms with van der Waals surface area (Å²) < 4.78 is 25.9. The number of nitriles is 1. The topological polar surface area (TPSA) is 71.3 Å². The quantitative estimate of drug-likeness (QED) is 0.216. The number of rotatable bonds is 8. The van der Waals surface area contributed by atoms with Gasteiger partial charge in [-0.1, -0.05) is 48.5 Å². The number of carbonyl (C=O) groups excluding carboxylic acids is 1. The lowest BCUT2D eigenvalue weighted by Gasteiger charge is -2.15. The zero-order valence-electron chi connectivity index (χ0n) is 18.1. The summed E-state index contributed by atoms with van der Waals surface area (Å²) in [5, 5.41) is 12.4. The van der Waals surface area contributed by atoms with Crippen molar-refractivity contribution in [3.8, 4) is 17.6 Å². The maximum absolute atomic E-state index is 13.9. The van der Waals surface area contributed by atoms with Crippen molar-refractivity contribution in [3.05, 3.63) is 98.4 Å². The highest BCUT2D eigenvalue weighted by Gasteiger charge is 2.16. The number of ether oxygens (including phenoxy) is 2. The van der Waals surface area contributed by atoms with E-state index in [1.807, 2.05) is 43.3 Å². The molecule has 1 amide bonds. The van der Waals surface area contributed by atoms with Gasteiger partial charge in [-0.3, -0.25) is 4.79 Å². The van der Waals surface area contributed by atoms with Crippen LogP contribution in [0.15, 0.2) is 72.3 Å². The van der Waals surface area contributed by atoms with Gasteiger partial charge < -0.3 is 14.8 Å². The molecule has 0 radical (unpaired) electrons. The van der Waals surface area contributed by atoms with Crippen LogP contribution >= 0.6 is 22.6 Å². The van der Waals surface area contributed by atoms with E-state index in [9.17, 15) is 14.4 Å². The van der Waals surface area contributed by atoms with E-state index in [-0.39, 0.29) is 24.0 Å². The van der Waals surface area contributed by atoms with Crippen molar-refractivity contribution >= 4 is 34.6 Å². The molecule has 3 rings (SSSR count). The summed E-state index contributed by atoms with van der Waals surface area (Å²) in [4.78, 5) is 12.7. The molecule has 0 spiro atoms. The van der Waals surface area contributed by atoms with E-state index in [4.69, 9.17) is 9.47 Å². The van der Waals surface area contributed by atoms with Crippen molar-refractivity contribution in [1.29, 1.82) is 5.26 Å². The van der Waals surface area contributed by atoms with Gasteiger partial charge in [0.25, 0.3) is 5.91 Å². The van der Waals surface area contributed by atoms with Crippen LogP contribution in [0.4, 0.5) is 4.39 Å². The molecule has 7 heteroatoms. The van der Waals surface area contributed by atoms with Gasteiger partial charge in [0.1, 0.15) is 24.1 Å². The lowest BCUT2D eigenvalue weighted by atomic mass is 10.1. The van der Waals surface area contributed by atoms with Crippen LogP contribution in [0.1, 0.15) is 29.7 Å². The first-order valence-electron chi connectivity index (χ1n) is 10.1. The molecule has 0 saturated heterocycles. The van der Waals surface area contributed by atoms with Crippen molar-refractivity contribution in [2.45, 2.75) is 19.6 Å². The van der Waals surface area contributed by atoms with E-state index < -0.39 is 5.91 Å². The molecule has 0 aromatic heterocycles. The van der Waals surface area contributed by atoms with Crippen LogP contribution in [0.25, 0.3) is 6.08 Å². The van der Waals surface area contributed by atoms with Crippen molar-refractivity contribution in [1.82, 2.24) is 5.32 Å². The average molecular weight is 556 g/mol. The lowest BCUT2D eigenvalue weighted by Crippen LogP contribution is -2.27. The summed E-state index contributed by atoms with van der Waals surface area (Å²) >= 11 is 2.08. The van der Waals surface area contributed by atoms with Crippen LogP contribution in [0, 0.1) is 20.7 Å². The summed E-state index contributed by atoms with van der Waals surface area (Å²) in [6, 6.07) is 21.0. The minimum absolute atomic E-state index is 0.0318. The molecule has 5 nitrogen and oxygen atoms in total. The van der Waals surface area contributed by atoms with Crippen LogP contribution in [0.5, 0.6) is 11.5 Å². The highest BCUT2D eigenvalue weighted by molar-refractivity contribution is 14.1. The number of nitrogens with one attached hydrogen (secondary N) is 1. The van der Waals surface area contributed by atoms with Crippen LogP contribution in [-0.4, -0.2) is 13.0 Å². The molecular weight excluding hydrogens is 534 g/mol. The highest BCUT2D eigenvalue weighted by atomic mass is 127. The molecule has 0 heterocycles. The van der Waals surface area contributed by atoms with Crippen LogP contribution < -0.4 is 14.8 Å². The summed E-state index contributed by atoms with van der Waals surface area (Å²) in [6.45, 7) is 1.90. The first-order chi connectivity index (χ1) is 15.9. The van der Waals surface area contributed by atoms with Gasteiger partial charge in [-0.2, -0.15) is 5.26 Å². The van der Waals surface area contributed by atoms with Gasteiger partial charge in [0.15, 0.2) is 11.5 Å². The van der Waals surface area contributed by atoms with Gasteiger partial charge in [-0.25, -0.2) is 4.39 Å². The summed E-state index contributed by atoms with van der Waals surface area (Å²) in [6.07, 6.45) is 1.50. The fourth-order valence-corrected chi connectivity index (χ4v) is 3.92. The Bertz CT molecular complexity index is 1210. The second kappa shape index (κ2) is 11.5. The molecular formula is C26H22FIN2O3. The molecule has 0 unspecified atom stereocenters. The monoisotopic (exact) mass is 556 g/mol. The normalized spacial score (nSPS) is 11.9. The molecule has 1 atom stereocenters. The molecule has 0 aliphatic heterocycles. The predicted molar refractivity (Wildman–Crippen MR) is 133 cm³/mol. The molecule has 0 aliphatic rings. The first kappa shape index (κ1) is 24.3. The summed E-state index contributed by atoms with van der Waals surface area (Å²) in [5.74, 6) is 0.0575. The maximum atomic E-state index is 13.9. The lowest BCUT2D eigenvalue weighted by molar-refractivity contribution is -0.117. The number of halogens is 2. The van der Waals surface area contributed by atoms with Crippen molar-refractivity contribution in [2.24, 2.45) is 0 Å². The average Bonchev–Trinajstić information content (AvgIpc) is 2.82. The van der Waals surface area contributed by atoms with Gasteiger partial charge >= 0.3 is 0 Å². The van der Waals surface area contributed by atoms with E-state index in [2.05, 4.69) is 27.9 Å². The number of nitrogens with zero attached hydrogens (tertiary/aromatic N) is 1. The Hall–Kier alpha value is -3.38. The number of hydrogen-bond donors (Lipinski definition) is 1. The molecule has 0 saturated carbocycles. The molecule has 0 fully saturated rings. The van der Waals surface area contributed by atoms with Crippen LogP contribution in [-0.2, 0) is 11.4 Å². The zero-order chi connectivity index (χ0) is 23.8. The number of benzene rings is 3. The van der Waals surface area contributed by atoms with Crippen molar-refractivity contribution < 1.29 is 18.7 Å². The van der Waals surface area contributed by atoms with Gasteiger partial charge in [0.05, 0.1) is 16.7 Å². The molecule has 168 valence electrons. The van der Waals surface area contributed by atoms with Crippen molar-refractivity contribution in [3.63, 3.8) is 0 Å². The second-order valence-electron chi connectivity index (χ2n) is 7.19. The third-order valence-electron chi connectivity index (χ3n) is 4.90. The van der Waals surface area contributed by atoms with Gasteiger partial charge in [-0.15, -0.1) is 0 Å². The number of methoxy groups -OCH3 is 1. The number of amides is 1. The second-order valence-corrected chi connectivity index (χ2v) is 8.35. The van der Waals surface area contributed by atoms with E-state index in [1.165, 1.54) is 19.3 Å². The minimum atomic E-state index is -0.470. The van der Waals surface area contributed by atoms with Gasteiger partial charge in [0.2, 0.25) is 0 Å². The highest BCUT2D eigenvalue weighted by Crippen LogP contribution is 2.35. The van der Waals surface area contributed by atoms with E-state index in [1.54, 1.807) is 30.3 Å². The third kappa shape index (κ3) is 6.33. The van der Waals surface area contributed by atoms with E-state index in [0.717, 1.165) is 5.56 Å². The minimum Gasteiger partial charge on any atom is -0.493 e. The maximum Gasteiger partial charge on any atom is 0.262 e. The smallest absolute Gasteiger partial charge is 0.262 e. The Morgan fingerprint density at radius 2 is 1.88 bits per heavy atom. The molecule has 1 N–H and O–H groups in total. The van der Waals surface area contributed by atoms with Crippen LogP contribution in [0.2, 0.25) is 0 Å². The predicted octanol–water partition coefficient (Wildman–Crippen LogP) is 5.80. The molecule has 3 aromatic carbocycles. The summed E-state index contributed by atoms with van der Waals surface area (Å²) in [5.41, 5.74) is 1.94. The molecule has 0 aliphatic carbocycles. The Morgan fingerprint density at radius 1 is 1.18 bits per heavy atom. The standard InChI is InChI=1S/C26H22FIN2O3/c1-17(19-8-4-3-5-9-19)30-26(31)21(15-29)12-18-13-23(28)25(24(14-18)32-2)33-16-20-10-6-7-11-22(20)27/h3-14,17H,16H2,1-2H3,(H,30,31)/b21-12-/t17-/m1/s1. The molecule has 0 bridgehead atoms. The Morgan fingerprint density at radius 3 is 2.55 bits per heavy atom. The largest absolute Gasteiger partial charge is 0.493 e. The Balaban J connectivity index is 1.80. The summed E-state index contributed by atoms with van der Waals surface area (Å²) in [7, 11) is 1.49. The SMILES string of the molecule is COc1cc(/C=C(/C#N)C(=O)N[C@H](C)c2ccccc2)cc(I)c1OCc1ccccc1F.